The normalized spacial score (nSPS) is 13.0. The minimum absolute atomic E-state index is 0.688. The topological polar surface area (TPSA) is 0 Å². The third kappa shape index (κ3) is 1.79. The number of hydrogen-bond donors (Lipinski definition) is 0. The SMILES string of the molecule is FC(F)(F)C(F)(F)c1[c]cccc1. The Kier molecular flexibility index (Phi) is 2.28. The van der Waals surface area contributed by atoms with Gasteiger partial charge in [0.25, 0.3) is 0 Å². The van der Waals surface area contributed by atoms with Crippen molar-refractivity contribution in [2.24, 2.45) is 0 Å². The highest BCUT2D eigenvalue weighted by Crippen LogP contribution is 2.43. The van der Waals surface area contributed by atoms with Gasteiger partial charge in [-0.3, -0.25) is 0 Å². The Hall–Kier alpha value is -1.13. The second-order valence-electron chi connectivity index (χ2n) is 2.35. The van der Waals surface area contributed by atoms with Crippen LogP contribution in [0.25, 0.3) is 0 Å². The van der Waals surface area contributed by atoms with Gasteiger partial charge in [-0.05, 0) is 6.07 Å². The largest absolute Gasteiger partial charge is 0.458 e. The van der Waals surface area contributed by atoms with E-state index < -0.39 is 17.7 Å². The molecule has 0 amide bonds. The summed E-state index contributed by atoms with van der Waals surface area (Å²) >= 11 is 0. The van der Waals surface area contributed by atoms with Gasteiger partial charge in [0.15, 0.2) is 0 Å². The Morgan fingerprint density at radius 2 is 1.62 bits per heavy atom. The summed E-state index contributed by atoms with van der Waals surface area (Å²) in [5.41, 5.74) is -1.16. The lowest BCUT2D eigenvalue weighted by molar-refractivity contribution is -0.289. The van der Waals surface area contributed by atoms with Crippen molar-refractivity contribution in [3.8, 4) is 0 Å². The summed E-state index contributed by atoms with van der Waals surface area (Å²) in [6.07, 6.45) is -5.56. The van der Waals surface area contributed by atoms with Gasteiger partial charge in [0, 0.05) is 5.56 Å². The van der Waals surface area contributed by atoms with E-state index in [2.05, 4.69) is 0 Å². The van der Waals surface area contributed by atoms with Crippen LogP contribution in [-0.4, -0.2) is 6.18 Å². The van der Waals surface area contributed by atoms with Crippen molar-refractivity contribution >= 4 is 0 Å². The molecule has 1 aromatic carbocycles. The van der Waals surface area contributed by atoms with Crippen molar-refractivity contribution in [3.05, 3.63) is 35.9 Å². The molecule has 0 saturated heterocycles. The lowest BCUT2D eigenvalue weighted by atomic mass is 10.1. The molecule has 0 saturated carbocycles. The van der Waals surface area contributed by atoms with Crippen LogP contribution in [0.5, 0.6) is 0 Å². The van der Waals surface area contributed by atoms with Gasteiger partial charge >= 0.3 is 12.1 Å². The van der Waals surface area contributed by atoms with Crippen LogP contribution in [-0.2, 0) is 5.92 Å². The molecule has 71 valence electrons. The number of benzene rings is 1. The Bertz CT molecular complexity index is 274. The van der Waals surface area contributed by atoms with E-state index in [4.69, 9.17) is 0 Å². The maximum Gasteiger partial charge on any atom is 0.458 e. The van der Waals surface area contributed by atoms with Gasteiger partial charge in [-0.15, -0.1) is 0 Å². The lowest BCUT2D eigenvalue weighted by Crippen LogP contribution is -2.33. The van der Waals surface area contributed by atoms with Gasteiger partial charge in [0.2, 0.25) is 0 Å². The first kappa shape index (κ1) is 9.95. The molecule has 0 N–H and O–H groups in total. The van der Waals surface area contributed by atoms with Crippen LogP contribution in [0, 0.1) is 6.07 Å². The quantitative estimate of drug-likeness (QED) is 0.604. The van der Waals surface area contributed by atoms with Crippen LogP contribution in [0.1, 0.15) is 5.56 Å². The average Bonchev–Trinajstić information content (AvgIpc) is 2.04. The Balaban J connectivity index is 3.08. The molecule has 1 radical (unpaired) electrons. The molecule has 13 heavy (non-hydrogen) atoms. The molecule has 0 atom stereocenters. The Morgan fingerprint density at radius 1 is 1.00 bits per heavy atom. The smallest absolute Gasteiger partial charge is 0.191 e. The first-order chi connectivity index (χ1) is 5.86. The fourth-order valence-corrected chi connectivity index (χ4v) is 0.741. The predicted molar refractivity (Wildman–Crippen MR) is 35.2 cm³/mol. The van der Waals surface area contributed by atoms with E-state index in [0.717, 1.165) is 12.1 Å². The fourth-order valence-electron chi connectivity index (χ4n) is 0.741. The van der Waals surface area contributed by atoms with Gasteiger partial charge in [0.05, 0.1) is 0 Å². The first-order valence-electron chi connectivity index (χ1n) is 3.27. The summed E-state index contributed by atoms with van der Waals surface area (Å²) in [5, 5.41) is 0. The van der Waals surface area contributed by atoms with Crippen molar-refractivity contribution in [1.29, 1.82) is 0 Å². The van der Waals surface area contributed by atoms with Crippen molar-refractivity contribution in [2.75, 3.05) is 0 Å². The molecule has 0 aliphatic heterocycles. The average molecular weight is 195 g/mol. The molecule has 0 aliphatic rings. The van der Waals surface area contributed by atoms with E-state index in [0.29, 0.717) is 6.07 Å². The molecule has 0 spiro atoms. The molecule has 5 heteroatoms. The summed E-state index contributed by atoms with van der Waals surface area (Å²) in [4.78, 5) is 0. The minimum atomic E-state index is -5.56. The fraction of sp³-hybridized carbons (Fsp3) is 0.250. The molecule has 1 rings (SSSR count). The molecule has 0 heterocycles. The van der Waals surface area contributed by atoms with Crippen molar-refractivity contribution in [2.45, 2.75) is 12.1 Å². The van der Waals surface area contributed by atoms with Gasteiger partial charge < -0.3 is 0 Å². The maximum absolute atomic E-state index is 12.5. The highest BCUT2D eigenvalue weighted by molar-refractivity contribution is 5.19. The van der Waals surface area contributed by atoms with Crippen molar-refractivity contribution < 1.29 is 22.0 Å². The second-order valence-corrected chi connectivity index (χ2v) is 2.35. The molecule has 0 bridgehead atoms. The summed E-state index contributed by atoms with van der Waals surface area (Å²) in [5.74, 6) is -4.83. The van der Waals surface area contributed by atoms with Crippen LogP contribution in [0.2, 0.25) is 0 Å². The highest BCUT2D eigenvalue weighted by Gasteiger charge is 2.58. The third-order valence-electron chi connectivity index (χ3n) is 1.40. The van der Waals surface area contributed by atoms with Crippen LogP contribution in [0.4, 0.5) is 22.0 Å². The van der Waals surface area contributed by atoms with E-state index in [1.807, 2.05) is 6.07 Å². The monoisotopic (exact) mass is 195 g/mol. The highest BCUT2D eigenvalue weighted by atomic mass is 19.4. The molecule has 0 nitrogen and oxygen atoms in total. The van der Waals surface area contributed by atoms with Crippen molar-refractivity contribution in [3.63, 3.8) is 0 Å². The van der Waals surface area contributed by atoms with Crippen LogP contribution >= 0.6 is 0 Å². The van der Waals surface area contributed by atoms with Gasteiger partial charge in [-0.1, -0.05) is 24.3 Å². The lowest BCUT2D eigenvalue weighted by Gasteiger charge is -2.19. The zero-order chi connectivity index (χ0) is 10.1. The van der Waals surface area contributed by atoms with E-state index in [9.17, 15) is 22.0 Å². The summed E-state index contributed by atoms with van der Waals surface area (Å²) in [6.45, 7) is 0. The summed E-state index contributed by atoms with van der Waals surface area (Å²) in [6, 6.07) is 5.96. The van der Waals surface area contributed by atoms with Crippen LogP contribution in [0.15, 0.2) is 24.3 Å². The van der Waals surface area contributed by atoms with Gasteiger partial charge in [0.1, 0.15) is 0 Å². The van der Waals surface area contributed by atoms with E-state index in [-0.39, 0.29) is 0 Å². The second kappa shape index (κ2) is 2.97. The first-order valence-corrected chi connectivity index (χ1v) is 3.27. The zero-order valence-corrected chi connectivity index (χ0v) is 6.20. The Morgan fingerprint density at radius 3 is 2.00 bits per heavy atom. The zero-order valence-electron chi connectivity index (χ0n) is 6.20. The Labute approximate surface area is 71.0 Å². The number of hydrogen-bond acceptors (Lipinski definition) is 0. The molecule has 0 fully saturated rings. The number of rotatable bonds is 1. The van der Waals surface area contributed by atoms with Crippen LogP contribution in [0.3, 0.4) is 0 Å². The molecule has 1 aromatic rings. The maximum atomic E-state index is 12.5. The molecule has 0 aliphatic carbocycles. The van der Waals surface area contributed by atoms with Crippen molar-refractivity contribution in [1.82, 2.24) is 0 Å². The molecular formula is C8H4F5. The standard InChI is InChI=1S/C8H4F5/c9-7(10,8(11,12)13)6-4-2-1-3-5-6/h1-4H. The molecule has 0 aromatic heterocycles. The minimum Gasteiger partial charge on any atom is -0.191 e. The molecule has 0 unspecified atom stereocenters. The number of halogens is 5. The van der Waals surface area contributed by atoms with E-state index in [1.54, 1.807) is 0 Å². The predicted octanol–water partition coefficient (Wildman–Crippen LogP) is 3.14. The third-order valence-corrected chi connectivity index (χ3v) is 1.40. The van der Waals surface area contributed by atoms with Crippen LogP contribution < -0.4 is 0 Å². The summed E-state index contributed by atoms with van der Waals surface area (Å²) in [7, 11) is 0. The van der Waals surface area contributed by atoms with E-state index >= 15 is 0 Å². The molecular weight excluding hydrogens is 191 g/mol. The summed E-state index contributed by atoms with van der Waals surface area (Å²) < 4.78 is 60.3. The van der Waals surface area contributed by atoms with Gasteiger partial charge in [-0.25, -0.2) is 0 Å². The van der Waals surface area contributed by atoms with Gasteiger partial charge in [-0.2, -0.15) is 22.0 Å². The number of alkyl halides is 5. The van der Waals surface area contributed by atoms with E-state index in [1.165, 1.54) is 6.07 Å².